The van der Waals surface area contributed by atoms with Crippen LogP contribution >= 0.6 is 11.6 Å². The van der Waals surface area contributed by atoms with Crippen molar-refractivity contribution in [1.82, 2.24) is 0 Å². The summed E-state index contributed by atoms with van der Waals surface area (Å²) < 4.78 is 45.9. The normalized spacial score (nSPS) is 26.3. The number of carbonyl (C=O) groups is 4. The number of methoxy groups -OCH3 is 1. The van der Waals surface area contributed by atoms with Crippen LogP contribution in [0.3, 0.4) is 0 Å². The first-order chi connectivity index (χ1) is 22.3. The van der Waals surface area contributed by atoms with E-state index in [-0.39, 0.29) is 6.10 Å². The van der Waals surface area contributed by atoms with Crippen molar-refractivity contribution in [3.8, 4) is 5.75 Å². The highest BCUT2D eigenvalue weighted by Gasteiger charge is 2.61. The number of carbonyl (C=O) groups excluding carboxylic acids is 4. The fourth-order valence-electron chi connectivity index (χ4n) is 6.42. The van der Waals surface area contributed by atoms with Crippen LogP contribution in [0.25, 0.3) is 0 Å². The second kappa shape index (κ2) is 14.2. The number of hydrogen-bond acceptors (Lipinski definition) is 12. The summed E-state index contributed by atoms with van der Waals surface area (Å²) in [4.78, 5) is 48.7. The number of hydrogen-bond donors (Lipinski definition) is 0. The first-order valence-corrected chi connectivity index (χ1v) is 15.7. The van der Waals surface area contributed by atoms with Crippen molar-refractivity contribution >= 4 is 35.5 Å². The van der Waals surface area contributed by atoms with Crippen LogP contribution in [0.15, 0.2) is 42.5 Å². The third-order valence-electron chi connectivity index (χ3n) is 8.55. The van der Waals surface area contributed by atoms with Gasteiger partial charge in [-0.05, 0) is 54.7 Å². The summed E-state index contributed by atoms with van der Waals surface area (Å²) in [5, 5.41) is 0.452. The molecule has 3 aliphatic rings. The predicted molar refractivity (Wildman–Crippen MR) is 164 cm³/mol. The molecule has 5 atom stereocenters. The molecule has 2 aliphatic heterocycles. The molecule has 1 unspecified atom stereocenters. The molecule has 254 valence electrons. The molecule has 3 fully saturated rings. The molecule has 0 bridgehead atoms. The Kier molecular flexibility index (Phi) is 10.4. The maximum Gasteiger partial charge on any atom is 0.303 e. The monoisotopic (exact) mass is 674 g/mol. The van der Waals surface area contributed by atoms with Gasteiger partial charge >= 0.3 is 23.9 Å². The Morgan fingerprint density at radius 3 is 2.04 bits per heavy atom. The Morgan fingerprint density at radius 1 is 0.851 bits per heavy atom. The van der Waals surface area contributed by atoms with E-state index in [1.807, 2.05) is 24.3 Å². The van der Waals surface area contributed by atoms with Crippen molar-refractivity contribution in [3.05, 3.63) is 64.2 Å². The molecule has 13 heteroatoms. The predicted octanol–water partition coefficient (Wildman–Crippen LogP) is 4.04. The van der Waals surface area contributed by atoms with Gasteiger partial charge in [0.25, 0.3) is 0 Å². The van der Waals surface area contributed by atoms with Gasteiger partial charge in [-0.25, -0.2) is 0 Å². The second-order valence-electron chi connectivity index (χ2n) is 12.3. The van der Waals surface area contributed by atoms with Gasteiger partial charge in [0.15, 0.2) is 12.2 Å². The van der Waals surface area contributed by atoms with Gasteiger partial charge in [0, 0.05) is 50.8 Å². The van der Waals surface area contributed by atoms with Gasteiger partial charge in [-0.1, -0.05) is 29.8 Å². The lowest BCUT2D eigenvalue weighted by Crippen LogP contribution is -2.67. The highest BCUT2D eigenvalue weighted by molar-refractivity contribution is 6.31. The number of benzene rings is 2. The van der Waals surface area contributed by atoms with E-state index >= 15 is 0 Å². The minimum absolute atomic E-state index is 0.183. The van der Waals surface area contributed by atoms with Crippen molar-refractivity contribution in [2.24, 2.45) is 5.41 Å². The van der Waals surface area contributed by atoms with E-state index in [9.17, 15) is 19.2 Å². The fraction of sp³-hybridized carbons (Fsp3) is 0.529. The van der Waals surface area contributed by atoms with Gasteiger partial charge in [-0.3, -0.25) is 19.2 Å². The average Bonchev–Trinajstić information content (AvgIpc) is 2.96. The quantitative estimate of drug-likeness (QED) is 0.251. The summed E-state index contributed by atoms with van der Waals surface area (Å²) in [5.41, 5.74) is 2.30. The summed E-state index contributed by atoms with van der Waals surface area (Å²) in [5.74, 6) is -3.99. The molecule has 1 spiro atoms. The number of esters is 4. The van der Waals surface area contributed by atoms with E-state index in [4.69, 9.17) is 49.5 Å². The lowest BCUT2D eigenvalue weighted by atomic mass is 9.65. The van der Waals surface area contributed by atoms with E-state index < -0.39 is 60.7 Å². The largest absolute Gasteiger partial charge is 0.490 e. The smallest absolute Gasteiger partial charge is 0.303 e. The molecule has 0 radical (unpaired) electrons. The van der Waals surface area contributed by atoms with Crippen LogP contribution in [0.2, 0.25) is 5.02 Å². The fourth-order valence-corrected chi connectivity index (χ4v) is 6.61. The highest BCUT2D eigenvalue weighted by Crippen LogP contribution is 2.48. The summed E-state index contributed by atoms with van der Waals surface area (Å²) in [7, 11) is 1.32. The second-order valence-corrected chi connectivity index (χ2v) is 12.7. The Labute approximate surface area is 277 Å². The van der Waals surface area contributed by atoms with Crippen molar-refractivity contribution in [1.29, 1.82) is 0 Å². The molecule has 2 aromatic carbocycles. The van der Waals surface area contributed by atoms with Crippen LogP contribution in [0.1, 0.15) is 57.2 Å². The van der Waals surface area contributed by atoms with Crippen LogP contribution < -0.4 is 4.74 Å². The molecule has 2 heterocycles. The molecular formula is C34H39ClO12. The minimum atomic E-state index is -1.92. The first kappa shape index (κ1) is 34.6. The molecule has 1 aliphatic carbocycles. The van der Waals surface area contributed by atoms with E-state index in [1.165, 1.54) is 21.0 Å². The Balaban J connectivity index is 1.46. The number of ether oxygens (including phenoxy) is 8. The zero-order valence-corrected chi connectivity index (χ0v) is 27.7. The maximum atomic E-state index is 12.4. The zero-order chi connectivity index (χ0) is 33.9. The standard InChI is InChI=1S/C34H39ClO12/c1-19(36)42-16-29-30(43-20(2)37)31(44-21(3)38)32(45-22(4)39)34(40-5,47-29)25-8-11-28(35)24(13-25)12-23-6-9-26(10-7-23)46-27-14-33(15-27)17-41-18-33/h6-11,13,27,29-32H,12,14-18H2,1-5H3/t29-,30-,31+,32-,34?/m1/s1. The van der Waals surface area contributed by atoms with Crippen molar-refractivity contribution < 1.29 is 57.1 Å². The maximum absolute atomic E-state index is 12.4. The molecule has 2 aromatic rings. The van der Waals surface area contributed by atoms with E-state index in [2.05, 4.69) is 0 Å². The van der Waals surface area contributed by atoms with Gasteiger partial charge in [0.2, 0.25) is 11.9 Å². The van der Waals surface area contributed by atoms with E-state index in [0.29, 0.717) is 28.0 Å². The Morgan fingerprint density at radius 2 is 1.49 bits per heavy atom. The molecule has 0 aromatic heterocycles. The third-order valence-corrected chi connectivity index (χ3v) is 8.92. The lowest BCUT2D eigenvalue weighted by Gasteiger charge is -2.52. The SMILES string of the molecule is COC1(c2ccc(Cl)c(Cc3ccc(OC4CC5(COC5)C4)cc3)c2)O[C@H](COC(C)=O)[C@@H](OC(C)=O)[C@H](OC(C)=O)[C@H]1OC(C)=O. The zero-order valence-electron chi connectivity index (χ0n) is 26.9. The van der Waals surface area contributed by atoms with Gasteiger partial charge in [0.05, 0.1) is 13.2 Å². The van der Waals surface area contributed by atoms with Crippen LogP contribution in [0.5, 0.6) is 5.75 Å². The first-order valence-electron chi connectivity index (χ1n) is 15.3. The van der Waals surface area contributed by atoms with Gasteiger partial charge in [-0.15, -0.1) is 0 Å². The topological polar surface area (TPSA) is 142 Å². The minimum Gasteiger partial charge on any atom is -0.490 e. The van der Waals surface area contributed by atoms with Gasteiger partial charge in [-0.2, -0.15) is 0 Å². The highest BCUT2D eigenvalue weighted by atomic mass is 35.5. The molecule has 1 saturated carbocycles. The Bertz CT molecular complexity index is 1480. The molecule has 47 heavy (non-hydrogen) atoms. The van der Waals surface area contributed by atoms with Gasteiger partial charge in [0.1, 0.15) is 24.6 Å². The summed E-state index contributed by atoms with van der Waals surface area (Å²) in [6.07, 6.45) is -2.82. The lowest BCUT2D eigenvalue weighted by molar-refractivity contribution is -0.367. The summed E-state index contributed by atoms with van der Waals surface area (Å²) in [6.45, 7) is 5.92. The molecule has 0 N–H and O–H groups in total. The number of rotatable bonds is 11. The molecule has 2 saturated heterocycles. The third kappa shape index (κ3) is 7.72. The molecule has 0 amide bonds. The molecule has 5 rings (SSSR count). The van der Waals surface area contributed by atoms with Crippen molar-refractivity contribution in [3.63, 3.8) is 0 Å². The van der Waals surface area contributed by atoms with Gasteiger partial charge < -0.3 is 37.9 Å². The van der Waals surface area contributed by atoms with Crippen molar-refractivity contribution in [2.75, 3.05) is 26.9 Å². The number of halogens is 1. The van der Waals surface area contributed by atoms with Crippen LogP contribution in [-0.4, -0.2) is 81.3 Å². The molecule has 12 nitrogen and oxygen atoms in total. The summed E-state index contributed by atoms with van der Waals surface area (Å²) >= 11 is 6.67. The summed E-state index contributed by atoms with van der Waals surface area (Å²) in [6, 6.07) is 12.8. The van der Waals surface area contributed by atoms with Crippen molar-refractivity contribution in [2.45, 2.75) is 83.3 Å². The van der Waals surface area contributed by atoms with Crippen LogP contribution in [-0.2, 0) is 64.5 Å². The average molecular weight is 675 g/mol. The van der Waals surface area contributed by atoms with E-state index in [0.717, 1.165) is 51.2 Å². The van der Waals surface area contributed by atoms with E-state index in [1.54, 1.807) is 18.2 Å². The Hall–Kier alpha value is -3.71. The van der Waals surface area contributed by atoms with Crippen LogP contribution in [0, 0.1) is 5.41 Å². The van der Waals surface area contributed by atoms with Crippen LogP contribution in [0.4, 0.5) is 0 Å². The molecular weight excluding hydrogens is 636 g/mol.